The lowest BCUT2D eigenvalue weighted by molar-refractivity contribution is 0.123. The van der Waals surface area contributed by atoms with E-state index in [1.807, 2.05) is 63.2 Å². The summed E-state index contributed by atoms with van der Waals surface area (Å²) in [4.78, 5) is 9.25. The zero-order chi connectivity index (χ0) is 21.2. The summed E-state index contributed by atoms with van der Waals surface area (Å²) in [6, 6.07) is 13.9. The summed E-state index contributed by atoms with van der Waals surface area (Å²) < 4.78 is 11.4. The van der Waals surface area contributed by atoms with Gasteiger partial charge in [-0.25, -0.2) is 4.99 Å². The molecule has 2 N–H and O–H groups in total. The molecule has 1 aromatic heterocycles. The van der Waals surface area contributed by atoms with Crippen LogP contribution in [0.25, 0.3) is 0 Å². The van der Waals surface area contributed by atoms with Gasteiger partial charge < -0.3 is 20.1 Å². The Labute approximate surface area is 180 Å². The maximum Gasteiger partial charge on any atom is 0.196 e. The molecule has 162 valence electrons. The minimum absolute atomic E-state index is 0.159. The van der Waals surface area contributed by atoms with Crippen molar-refractivity contribution in [3.8, 4) is 5.75 Å². The molecule has 1 aliphatic rings. The number of anilines is 1. The summed E-state index contributed by atoms with van der Waals surface area (Å²) in [5.41, 5.74) is 2.91. The van der Waals surface area contributed by atoms with Crippen LogP contribution in [0, 0.1) is 12.8 Å². The van der Waals surface area contributed by atoms with Crippen molar-refractivity contribution >= 4 is 11.6 Å². The molecule has 0 aliphatic heterocycles. The highest BCUT2D eigenvalue weighted by Gasteiger charge is 2.20. The van der Waals surface area contributed by atoms with Crippen LogP contribution in [0.5, 0.6) is 5.75 Å². The number of benzene rings is 1. The fraction of sp³-hybridized carbons (Fsp3) is 0.500. The second kappa shape index (κ2) is 11.6. The number of aliphatic imine (C=N–C) groups is 1. The van der Waals surface area contributed by atoms with E-state index in [-0.39, 0.29) is 6.10 Å². The number of nitrogens with one attached hydrogen (secondary N) is 2. The Morgan fingerprint density at radius 1 is 1.17 bits per heavy atom. The summed E-state index contributed by atoms with van der Waals surface area (Å²) in [7, 11) is 0. The summed E-state index contributed by atoms with van der Waals surface area (Å²) in [6.07, 6.45) is 3.75. The van der Waals surface area contributed by atoms with E-state index >= 15 is 0 Å². The molecule has 1 fully saturated rings. The molecule has 0 saturated heterocycles. The van der Waals surface area contributed by atoms with Crippen LogP contribution in [0.1, 0.15) is 44.5 Å². The van der Waals surface area contributed by atoms with E-state index < -0.39 is 0 Å². The molecule has 0 atom stereocenters. The molecule has 6 nitrogen and oxygen atoms in total. The quantitative estimate of drug-likeness (QED) is 0.323. The van der Waals surface area contributed by atoms with Crippen LogP contribution < -0.4 is 15.4 Å². The van der Waals surface area contributed by atoms with E-state index in [0.717, 1.165) is 60.9 Å². The number of aryl methyl sites for hydroxylation is 1. The minimum atomic E-state index is 0.159. The van der Waals surface area contributed by atoms with Crippen LogP contribution in [0.15, 0.2) is 47.5 Å². The van der Waals surface area contributed by atoms with Crippen molar-refractivity contribution in [3.63, 3.8) is 0 Å². The van der Waals surface area contributed by atoms with Gasteiger partial charge in [0.05, 0.1) is 18.3 Å². The van der Waals surface area contributed by atoms with Gasteiger partial charge in [0.2, 0.25) is 0 Å². The van der Waals surface area contributed by atoms with Crippen LogP contribution in [0.2, 0.25) is 0 Å². The Kier molecular flexibility index (Phi) is 8.51. The molecule has 1 aromatic carbocycles. The number of hydrogen-bond acceptors (Lipinski definition) is 4. The smallest absolute Gasteiger partial charge is 0.196 e. The largest absolute Gasteiger partial charge is 0.491 e. The average Bonchev–Trinajstić information content (AvgIpc) is 3.54. The van der Waals surface area contributed by atoms with Crippen LogP contribution in [-0.2, 0) is 11.3 Å². The fourth-order valence-electron chi connectivity index (χ4n) is 2.93. The molecule has 1 saturated carbocycles. The molecule has 3 rings (SSSR count). The molecular formula is C24H34N4O2. The highest BCUT2D eigenvalue weighted by atomic mass is 16.5. The van der Waals surface area contributed by atoms with Crippen molar-refractivity contribution in [2.45, 2.75) is 52.7 Å². The van der Waals surface area contributed by atoms with Crippen molar-refractivity contribution in [3.05, 3.63) is 53.9 Å². The summed E-state index contributed by atoms with van der Waals surface area (Å²) in [5, 5.41) is 6.78. The normalized spacial score (nSPS) is 14.1. The molecule has 0 amide bonds. The Morgan fingerprint density at radius 3 is 2.67 bits per heavy atom. The summed E-state index contributed by atoms with van der Waals surface area (Å²) >= 11 is 0. The Hall–Kier alpha value is -2.60. The van der Waals surface area contributed by atoms with Crippen molar-refractivity contribution in [1.82, 2.24) is 10.3 Å². The van der Waals surface area contributed by atoms with Gasteiger partial charge in [0, 0.05) is 31.1 Å². The molecule has 2 aromatic rings. The first-order valence-electron chi connectivity index (χ1n) is 10.9. The van der Waals surface area contributed by atoms with Gasteiger partial charge in [0.25, 0.3) is 0 Å². The first-order valence-corrected chi connectivity index (χ1v) is 10.9. The van der Waals surface area contributed by atoms with Crippen molar-refractivity contribution in [2.24, 2.45) is 10.9 Å². The van der Waals surface area contributed by atoms with Crippen molar-refractivity contribution in [1.29, 1.82) is 0 Å². The monoisotopic (exact) mass is 410 g/mol. The zero-order valence-electron chi connectivity index (χ0n) is 18.4. The van der Waals surface area contributed by atoms with Gasteiger partial charge in [-0.3, -0.25) is 4.98 Å². The Balaban J connectivity index is 1.55. The summed E-state index contributed by atoms with van der Waals surface area (Å²) in [5.74, 6) is 2.40. The third-order valence-corrected chi connectivity index (χ3v) is 4.64. The van der Waals surface area contributed by atoms with Gasteiger partial charge in [-0.05, 0) is 82.3 Å². The van der Waals surface area contributed by atoms with Gasteiger partial charge in [-0.15, -0.1) is 0 Å². The fourth-order valence-corrected chi connectivity index (χ4v) is 2.93. The number of hydrogen-bond donors (Lipinski definition) is 2. The third-order valence-electron chi connectivity index (χ3n) is 4.64. The molecule has 0 bridgehead atoms. The van der Waals surface area contributed by atoms with E-state index in [9.17, 15) is 0 Å². The van der Waals surface area contributed by atoms with Crippen LogP contribution >= 0.6 is 0 Å². The van der Waals surface area contributed by atoms with Gasteiger partial charge in [-0.1, -0.05) is 6.07 Å². The number of ether oxygens (including phenoxy) is 2. The van der Waals surface area contributed by atoms with E-state index in [1.165, 1.54) is 12.8 Å². The number of aromatic nitrogens is 1. The third kappa shape index (κ3) is 8.41. The first-order chi connectivity index (χ1) is 14.6. The highest BCUT2D eigenvalue weighted by Crippen LogP contribution is 2.28. The van der Waals surface area contributed by atoms with Gasteiger partial charge in [-0.2, -0.15) is 0 Å². The lowest BCUT2D eigenvalue weighted by Crippen LogP contribution is -2.32. The molecular weight excluding hydrogens is 376 g/mol. The van der Waals surface area contributed by atoms with E-state index in [2.05, 4.69) is 15.6 Å². The Bertz CT molecular complexity index is 801. The molecule has 0 spiro atoms. The lowest BCUT2D eigenvalue weighted by atomic mass is 10.3. The number of rotatable bonds is 11. The van der Waals surface area contributed by atoms with Gasteiger partial charge in [0.15, 0.2) is 5.96 Å². The number of pyridine rings is 1. The molecule has 1 heterocycles. The predicted molar refractivity (Wildman–Crippen MR) is 122 cm³/mol. The van der Waals surface area contributed by atoms with Crippen LogP contribution in [0.4, 0.5) is 5.69 Å². The topological polar surface area (TPSA) is 67.8 Å². The lowest BCUT2D eigenvalue weighted by Gasteiger charge is -2.14. The Morgan fingerprint density at radius 2 is 1.97 bits per heavy atom. The summed E-state index contributed by atoms with van der Waals surface area (Å²) in [6.45, 7) is 9.03. The first kappa shape index (κ1) is 22.1. The second-order valence-corrected chi connectivity index (χ2v) is 8.05. The zero-order valence-corrected chi connectivity index (χ0v) is 18.4. The molecule has 0 radical (unpaired) electrons. The van der Waals surface area contributed by atoms with Gasteiger partial charge >= 0.3 is 0 Å². The standard InChI is InChI=1S/C24H34N4O2/c1-18(2)30-23-12-10-21(11-13-23)28-24(25-14-5-15-29-17-20-8-9-20)26-16-22-7-4-6-19(3)27-22/h4,6-7,10-13,18,20H,5,8-9,14-17H2,1-3H3,(H2,25,26,28). The molecule has 0 unspecified atom stereocenters. The van der Waals surface area contributed by atoms with Crippen molar-refractivity contribution in [2.75, 3.05) is 25.1 Å². The molecule has 1 aliphatic carbocycles. The maximum atomic E-state index is 5.72. The second-order valence-electron chi connectivity index (χ2n) is 8.05. The van der Waals surface area contributed by atoms with E-state index in [1.54, 1.807) is 0 Å². The SMILES string of the molecule is Cc1cccc(CN=C(NCCCOCC2CC2)Nc2ccc(OC(C)C)cc2)n1. The van der Waals surface area contributed by atoms with Crippen LogP contribution in [0.3, 0.4) is 0 Å². The van der Waals surface area contributed by atoms with Crippen LogP contribution in [-0.4, -0.2) is 36.8 Å². The van der Waals surface area contributed by atoms with Crippen molar-refractivity contribution < 1.29 is 9.47 Å². The average molecular weight is 411 g/mol. The number of guanidine groups is 1. The predicted octanol–water partition coefficient (Wildman–Crippen LogP) is 4.55. The maximum absolute atomic E-state index is 5.72. The van der Waals surface area contributed by atoms with Gasteiger partial charge in [0.1, 0.15) is 5.75 Å². The van der Waals surface area contributed by atoms with E-state index in [0.29, 0.717) is 6.54 Å². The van der Waals surface area contributed by atoms with E-state index in [4.69, 9.17) is 14.5 Å². The highest BCUT2D eigenvalue weighted by molar-refractivity contribution is 5.93. The molecule has 6 heteroatoms. The minimum Gasteiger partial charge on any atom is -0.491 e. The number of nitrogens with zero attached hydrogens (tertiary/aromatic N) is 2. The molecule has 30 heavy (non-hydrogen) atoms.